The van der Waals surface area contributed by atoms with Gasteiger partial charge in [0, 0.05) is 25.9 Å². The molecule has 0 saturated carbocycles. The number of amides is 3. The molecule has 2 aliphatic rings. The van der Waals surface area contributed by atoms with Crippen molar-refractivity contribution in [3.05, 3.63) is 82.5 Å². The lowest BCUT2D eigenvalue weighted by Crippen LogP contribution is -2.41. The van der Waals surface area contributed by atoms with E-state index in [0.29, 0.717) is 59.5 Å². The molecule has 0 bridgehead atoms. The fourth-order valence-corrected chi connectivity index (χ4v) is 5.13. The Morgan fingerprint density at radius 2 is 1.82 bits per heavy atom. The molecule has 2 aliphatic heterocycles. The first-order chi connectivity index (χ1) is 18.9. The van der Waals surface area contributed by atoms with E-state index in [-0.39, 0.29) is 23.8 Å². The Labute approximate surface area is 229 Å². The fraction of sp³-hybridized carbons (Fsp3) is 0.250. The second-order valence-electron chi connectivity index (χ2n) is 9.12. The van der Waals surface area contributed by atoms with Crippen LogP contribution in [-0.2, 0) is 11.3 Å². The summed E-state index contributed by atoms with van der Waals surface area (Å²) < 4.78 is 12.1. The maximum atomic E-state index is 12.9. The van der Waals surface area contributed by atoms with Crippen molar-refractivity contribution >= 4 is 35.1 Å². The van der Waals surface area contributed by atoms with Gasteiger partial charge in [0.05, 0.1) is 17.0 Å². The number of carboxylic acid groups (broad SMARTS) is 1. The molecule has 200 valence electrons. The SMILES string of the molecule is Cc1c(Oc2cccc(C=C3SC(=O)N(Cc4ccccc4)C3=O)c2)ncnc1OC1CCN(C(=O)O)CC1. The number of hydrogen-bond acceptors (Lipinski definition) is 8. The average molecular weight is 547 g/mol. The quantitative estimate of drug-likeness (QED) is 0.392. The topological polar surface area (TPSA) is 122 Å². The number of carbonyl (C=O) groups is 3. The summed E-state index contributed by atoms with van der Waals surface area (Å²) in [5.74, 6) is 0.873. The Hall–Kier alpha value is -4.38. The number of thioether (sulfide) groups is 1. The standard InChI is InChI=1S/C28H26N4O6S/c1-18-24(37-21-10-12-31(13-11-21)27(34)35)29-17-30-25(18)38-22-9-5-8-20(14-22)15-23-26(33)32(28(36)39-23)16-19-6-3-2-4-7-19/h2-9,14-15,17,21H,10-13,16H2,1H3,(H,34,35). The maximum absolute atomic E-state index is 12.9. The van der Waals surface area contributed by atoms with Crippen LogP contribution in [0.15, 0.2) is 65.8 Å². The predicted octanol–water partition coefficient (Wildman–Crippen LogP) is 5.34. The van der Waals surface area contributed by atoms with Gasteiger partial charge in [-0.25, -0.2) is 14.8 Å². The van der Waals surface area contributed by atoms with E-state index in [1.165, 1.54) is 16.1 Å². The number of nitrogens with zero attached hydrogens (tertiary/aromatic N) is 4. The van der Waals surface area contributed by atoms with Crippen LogP contribution in [0.2, 0.25) is 0 Å². The normalized spacial score (nSPS) is 17.1. The van der Waals surface area contributed by atoms with E-state index in [0.717, 1.165) is 17.3 Å². The Kier molecular flexibility index (Phi) is 7.78. The van der Waals surface area contributed by atoms with Crippen LogP contribution in [0.1, 0.15) is 29.5 Å². The molecule has 0 unspecified atom stereocenters. The highest BCUT2D eigenvalue weighted by Gasteiger charge is 2.35. The minimum Gasteiger partial charge on any atom is -0.474 e. The number of hydrogen-bond donors (Lipinski definition) is 1. The smallest absolute Gasteiger partial charge is 0.407 e. The molecule has 10 nitrogen and oxygen atoms in total. The van der Waals surface area contributed by atoms with Gasteiger partial charge in [0.15, 0.2) is 0 Å². The van der Waals surface area contributed by atoms with Crippen LogP contribution in [0.3, 0.4) is 0 Å². The highest BCUT2D eigenvalue weighted by Crippen LogP contribution is 2.34. The highest BCUT2D eigenvalue weighted by molar-refractivity contribution is 8.18. The Balaban J connectivity index is 1.26. The largest absolute Gasteiger partial charge is 0.474 e. The third-order valence-electron chi connectivity index (χ3n) is 6.41. The average Bonchev–Trinajstić information content (AvgIpc) is 3.19. The predicted molar refractivity (Wildman–Crippen MR) is 144 cm³/mol. The molecule has 3 heterocycles. The summed E-state index contributed by atoms with van der Waals surface area (Å²) in [7, 11) is 0. The number of ether oxygens (including phenoxy) is 2. The summed E-state index contributed by atoms with van der Waals surface area (Å²) in [4.78, 5) is 48.0. The van der Waals surface area contributed by atoms with E-state index in [1.54, 1.807) is 31.2 Å². The van der Waals surface area contributed by atoms with Crippen molar-refractivity contribution in [1.29, 1.82) is 0 Å². The third-order valence-corrected chi connectivity index (χ3v) is 7.32. The molecule has 0 aliphatic carbocycles. The lowest BCUT2D eigenvalue weighted by molar-refractivity contribution is -0.123. The number of aromatic nitrogens is 2. The summed E-state index contributed by atoms with van der Waals surface area (Å²) in [5.41, 5.74) is 2.20. The van der Waals surface area contributed by atoms with Gasteiger partial charge in [-0.3, -0.25) is 14.5 Å². The van der Waals surface area contributed by atoms with Crippen molar-refractivity contribution in [2.45, 2.75) is 32.4 Å². The van der Waals surface area contributed by atoms with Crippen LogP contribution in [-0.4, -0.2) is 61.3 Å². The van der Waals surface area contributed by atoms with Gasteiger partial charge in [0.2, 0.25) is 11.8 Å². The summed E-state index contributed by atoms with van der Waals surface area (Å²) in [6.07, 6.45) is 3.11. The Morgan fingerprint density at radius 3 is 2.56 bits per heavy atom. The minimum atomic E-state index is -0.924. The van der Waals surface area contributed by atoms with Crippen LogP contribution in [0.4, 0.5) is 9.59 Å². The van der Waals surface area contributed by atoms with Gasteiger partial charge in [-0.2, -0.15) is 0 Å². The molecule has 0 radical (unpaired) electrons. The van der Waals surface area contributed by atoms with Crippen molar-refractivity contribution in [2.24, 2.45) is 0 Å². The van der Waals surface area contributed by atoms with Crippen molar-refractivity contribution in [3.8, 4) is 17.5 Å². The van der Waals surface area contributed by atoms with Gasteiger partial charge in [-0.15, -0.1) is 0 Å². The molecular weight excluding hydrogens is 520 g/mol. The van der Waals surface area contributed by atoms with E-state index in [1.807, 2.05) is 36.4 Å². The molecule has 1 N–H and O–H groups in total. The molecule has 5 rings (SSSR count). The molecule has 2 aromatic carbocycles. The van der Waals surface area contributed by atoms with E-state index < -0.39 is 6.09 Å². The van der Waals surface area contributed by atoms with Gasteiger partial charge in [-0.1, -0.05) is 42.5 Å². The summed E-state index contributed by atoms with van der Waals surface area (Å²) >= 11 is 0.913. The van der Waals surface area contributed by atoms with E-state index >= 15 is 0 Å². The zero-order chi connectivity index (χ0) is 27.4. The number of rotatable bonds is 7. The number of likely N-dealkylation sites (tertiary alicyclic amines) is 1. The molecule has 39 heavy (non-hydrogen) atoms. The fourth-order valence-electron chi connectivity index (χ4n) is 4.30. The van der Waals surface area contributed by atoms with Crippen LogP contribution >= 0.6 is 11.8 Å². The molecule has 11 heteroatoms. The number of carbonyl (C=O) groups excluding carboxylic acids is 2. The van der Waals surface area contributed by atoms with Gasteiger partial charge in [0.25, 0.3) is 11.1 Å². The van der Waals surface area contributed by atoms with Crippen LogP contribution in [0, 0.1) is 6.92 Å². The van der Waals surface area contributed by atoms with Crippen LogP contribution in [0.25, 0.3) is 6.08 Å². The molecule has 0 spiro atoms. The van der Waals surface area contributed by atoms with Crippen molar-refractivity contribution in [3.63, 3.8) is 0 Å². The van der Waals surface area contributed by atoms with Gasteiger partial charge in [0.1, 0.15) is 18.2 Å². The molecule has 2 fully saturated rings. The first kappa shape index (κ1) is 26.2. The second kappa shape index (κ2) is 11.6. The molecule has 3 aromatic rings. The maximum Gasteiger partial charge on any atom is 0.407 e. The third kappa shape index (κ3) is 6.20. The van der Waals surface area contributed by atoms with E-state index in [9.17, 15) is 14.4 Å². The highest BCUT2D eigenvalue weighted by atomic mass is 32.2. The zero-order valence-electron chi connectivity index (χ0n) is 21.1. The Morgan fingerprint density at radius 1 is 1.08 bits per heavy atom. The molecule has 0 atom stereocenters. The lowest BCUT2D eigenvalue weighted by atomic mass is 10.1. The number of piperidine rings is 1. The monoisotopic (exact) mass is 546 g/mol. The first-order valence-electron chi connectivity index (χ1n) is 12.4. The zero-order valence-corrected chi connectivity index (χ0v) is 22.0. The van der Waals surface area contributed by atoms with Crippen molar-refractivity contribution in [1.82, 2.24) is 19.8 Å². The van der Waals surface area contributed by atoms with Crippen molar-refractivity contribution in [2.75, 3.05) is 13.1 Å². The molecule has 3 amide bonds. The summed E-state index contributed by atoms with van der Waals surface area (Å²) in [5, 5.41) is 8.83. The first-order valence-corrected chi connectivity index (χ1v) is 13.2. The summed E-state index contributed by atoms with van der Waals surface area (Å²) in [6, 6.07) is 16.5. The van der Waals surface area contributed by atoms with Crippen molar-refractivity contribution < 1.29 is 29.0 Å². The summed E-state index contributed by atoms with van der Waals surface area (Å²) in [6.45, 7) is 2.84. The number of benzene rings is 2. The van der Waals surface area contributed by atoms with Crippen LogP contribution in [0.5, 0.6) is 17.5 Å². The second-order valence-corrected chi connectivity index (χ2v) is 10.1. The lowest BCUT2D eigenvalue weighted by Gasteiger charge is -2.30. The Bertz CT molecular complexity index is 1420. The van der Waals surface area contributed by atoms with Crippen LogP contribution < -0.4 is 9.47 Å². The molecule has 1 aromatic heterocycles. The minimum absolute atomic E-state index is 0.150. The van der Waals surface area contributed by atoms with E-state index in [2.05, 4.69) is 9.97 Å². The van der Waals surface area contributed by atoms with E-state index in [4.69, 9.17) is 14.6 Å². The molecular formula is C28H26N4O6S. The number of imide groups is 1. The van der Waals surface area contributed by atoms with Gasteiger partial charge in [-0.05, 0) is 48.0 Å². The van der Waals surface area contributed by atoms with Gasteiger partial charge >= 0.3 is 6.09 Å². The van der Waals surface area contributed by atoms with Gasteiger partial charge < -0.3 is 19.5 Å². The molecule has 2 saturated heterocycles.